The summed E-state index contributed by atoms with van der Waals surface area (Å²) in [4.78, 5) is 13.5. The Morgan fingerprint density at radius 3 is 2.48 bits per heavy atom. The lowest BCUT2D eigenvalue weighted by Gasteiger charge is -2.33. The quantitative estimate of drug-likeness (QED) is 0.763. The van der Waals surface area contributed by atoms with Crippen molar-refractivity contribution in [2.45, 2.75) is 63.8 Å². The van der Waals surface area contributed by atoms with Crippen LogP contribution in [0.5, 0.6) is 0 Å². The molecule has 4 atom stereocenters. The number of rotatable bonds is 5. The third-order valence-electron chi connectivity index (χ3n) is 4.74. The van der Waals surface area contributed by atoms with E-state index in [2.05, 4.69) is 11.0 Å². The van der Waals surface area contributed by atoms with E-state index in [9.17, 15) is 10.1 Å². The summed E-state index contributed by atoms with van der Waals surface area (Å²) >= 11 is 0. The minimum Gasteiger partial charge on any atom is -0.464 e. The Bertz CT molecular complexity index is 655. The molecular weight excluding hydrogens is 320 g/mol. The van der Waals surface area contributed by atoms with Gasteiger partial charge >= 0.3 is 5.97 Å². The second kappa shape index (κ2) is 7.12. The monoisotopic (exact) mass is 344 g/mol. The lowest BCUT2D eigenvalue weighted by atomic mass is 10.1. The molecule has 0 spiro atoms. The molecule has 0 bridgehead atoms. The summed E-state index contributed by atoms with van der Waals surface area (Å²) in [5, 5.41) is 9.31. The summed E-state index contributed by atoms with van der Waals surface area (Å²) in [6.07, 6.45) is -0.0976. The number of carbonyl (C=O) groups is 1. The summed E-state index contributed by atoms with van der Waals surface area (Å²) in [5.41, 5.74) is 1.14. The molecule has 134 valence electrons. The minimum absolute atomic E-state index is 0.0995. The van der Waals surface area contributed by atoms with E-state index in [1.807, 2.05) is 44.2 Å². The highest BCUT2D eigenvalue weighted by atomic mass is 16.8. The van der Waals surface area contributed by atoms with Gasteiger partial charge < -0.3 is 14.2 Å². The molecule has 25 heavy (non-hydrogen) atoms. The minimum atomic E-state index is -0.698. The molecule has 2 aliphatic heterocycles. The van der Waals surface area contributed by atoms with Crippen molar-refractivity contribution in [2.75, 3.05) is 6.61 Å². The lowest BCUT2D eigenvalue weighted by molar-refractivity contribution is -0.172. The predicted octanol–water partition coefficient (Wildman–Crippen LogP) is 2.24. The fourth-order valence-electron chi connectivity index (χ4n) is 3.78. The maximum atomic E-state index is 11.3. The molecule has 0 N–H and O–H groups in total. The first kappa shape index (κ1) is 17.9. The molecule has 0 saturated carbocycles. The average molecular weight is 344 g/mol. The van der Waals surface area contributed by atoms with Crippen LogP contribution in [0.3, 0.4) is 0 Å². The molecule has 2 heterocycles. The topological polar surface area (TPSA) is 71.8 Å². The first-order valence-corrected chi connectivity index (χ1v) is 8.57. The molecule has 6 heteroatoms. The van der Waals surface area contributed by atoms with Crippen LogP contribution in [-0.4, -0.2) is 47.6 Å². The van der Waals surface area contributed by atoms with Crippen molar-refractivity contribution < 1.29 is 19.0 Å². The summed E-state index contributed by atoms with van der Waals surface area (Å²) in [6, 6.07) is 12.1. The average Bonchev–Trinajstić information content (AvgIpc) is 2.99. The number of ether oxygens (including phenoxy) is 3. The second-order valence-electron chi connectivity index (χ2n) is 7.02. The number of nitriles is 1. The standard InChI is InChI=1S/C19H24N2O4/c1-13(22)23-12-16-18-17(24-19(2,3)25-18)15(9-10-20)21(16)11-14-7-5-4-6-8-14/h4-8,15-18H,9,11-12H2,1-3H3/t15-,16+,17-,18+/m0/s1. The number of esters is 1. The Labute approximate surface area is 148 Å². The van der Waals surface area contributed by atoms with Gasteiger partial charge in [0.05, 0.1) is 24.6 Å². The summed E-state index contributed by atoms with van der Waals surface area (Å²) < 4.78 is 17.5. The maximum absolute atomic E-state index is 11.3. The van der Waals surface area contributed by atoms with E-state index < -0.39 is 5.79 Å². The largest absolute Gasteiger partial charge is 0.464 e. The van der Waals surface area contributed by atoms with Crippen molar-refractivity contribution in [2.24, 2.45) is 0 Å². The molecule has 3 rings (SSSR count). The highest BCUT2D eigenvalue weighted by Gasteiger charge is 2.57. The van der Waals surface area contributed by atoms with E-state index in [-0.39, 0.29) is 36.9 Å². The number of nitrogens with zero attached hydrogens (tertiary/aromatic N) is 2. The van der Waals surface area contributed by atoms with Gasteiger partial charge in [0.2, 0.25) is 0 Å². The van der Waals surface area contributed by atoms with Gasteiger partial charge in [-0.2, -0.15) is 5.26 Å². The molecule has 1 aromatic rings. The summed E-state index contributed by atoms with van der Waals surface area (Å²) in [6.45, 7) is 6.03. The van der Waals surface area contributed by atoms with E-state index in [4.69, 9.17) is 14.2 Å². The van der Waals surface area contributed by atoms with Crippen molar-refractivity contribution in [3.63, 3.8) is 0 Å². The summed E-state index contributed by atoms with van der Waals surface area (Å²) in [7, 11) is 0. The van der Waals surface area contributed by atoms with Gasteiger partial charge in [-0.05, 0) is 19.4 Å². The van der Waals surface area contributed by atoms with E-state index in [1.54, 1.807) is 0 Å². The second-order valence-corrected chi connectivity index (χ2v) is 7.02. The number of hydrogen-bond donors (Lipinski definition) is 0. The molecule has 2 fully saturated rings. The highest BCUT2D eigenvalue weighted by molar-refractivity contribution is 5.65. The van der Waals surface area contributed by atoms with Gasteiger partial charge in [0.1, 0.15) is 18.8 Å². The molecule has 0 unspecified atom stereocenters. The zero-order valence-electron chi connectivity index (χ0n) is 14.8. The van der Waals surface area contributed by atoms with Crippen LogP contribution in [0.2, 0.25) is 0 Å². The van der Waals surface area contributed by atoms with Gasteiger partial charge in [-0.1, -0.05) is 30.3 Å². The van der Waals surface area contributed by atoms with E-state index in [0.29, 0.717) is 13.0 Å². The Hall–Kier alpha value is -1.94. The van der Waals surface area contributed by atoms with Crippen LogP contribution in [0.1, 0.15) is 32.8 Å². The smallest absolute Gasteiger partial charge is 0.302 e. The van der Waals surface area contributed by atoms with Crippen LogP contribution in [-0.2, 0) is 25.5 Å². The number of benzene rings is 1. The zero-order valence-corrected chi connectivity index (χ0v) is 14.8. The molecule has 6 nitrogen and oxygen atoms in total. The van der Waals surface area contributed by atoms with E-state index in [1.165, 1.54) is 6.92 Å². The highest BCUT2D eigenvalue weighted by Crippen LogP contribution is 2.42. The first-order valence-electron chi connectivity index (χ1n) is 8.57. The fourth-order valence-corrected chi connectivity index (χ4v) is 3.78. The molecule has 0 amide bonds. The number of carbonyl (C=O) groups excluding carboxylic acids is 1. The molecule has 0 aliphatic carbocycles. The molecule has 0 radical (unpaired) electrons. The Kier molecular flexibility index (Phi) is 5.09. The molecule has 1 aromatic carbocycles. The number of hydrogen-bond acceptors (Lipinski definition) is 6. The van der Waals surface area contributed by atoms with Gasteiger partial charge in [0, 0.05) is 13.5 Å². The van der Waals surface area contributed by atoms with Crippen molar-refractivity contribution in [3.05, 3.63) is 35.9 Å². The third kappa shape index (κ3) is 3.84. The van der Waals surface area contributed by atoms with Crippen LogP contribution in [0.25, 0.3) is 0 Å². The van der Waals surface area contributed by atoms with Gasteiger partial charge in [-0.15, -0.1) is 0 Å². The molecule has 2 aliphatic rings. The first-order chi connectivity index (χ1) is 11.9. The number of fused-ring (bicyclic) bond motifs is 1. The lowest BCUT2D eigenvalue weighted by Crippen LogP contribution is -2.44. The van der Waals surface area contributed by atoms with Crippen LogP contribution in [0.4, 0.5) is 0 Å². The van der Waals surface area contributed by atoms with Crippen LogP contribution >= 0.6 is 0 Å². The van der Waals surface area contributed by atoms with Crippen LogP contribution in [0.15, 0.2) is 30.3 Å². The molecular formula is C19H24N2O4. The van der Waals surface area contributed by atoms with Gasteiger partial charge in [-0.3, -0.25) is 9.69 Å². The van der Waals surface area contributed by atoms with Crippen LogP contribution < -0.4 is 0 Å². The van der Waals surface area contributed by atoms with Crippen molar-refractivity contribution in [3.8, 4) is 6.07 Å². The predicted molar refractivity (Wildman–Crippen MR) is 90.2 cm³/mol. The zero-order chi connectivity index (χ0) is 18.0. The van der Waals surface area contributed by atoms with Crippen molar-refractivity contribution in [1.29, 1.82) is 5.26 Å². The Morgan fingerprint density at radius 1 is 1.24 bits per heavy atom. The molecule has 0 aromatic heterocycles. The van der Waals surface area contributed by atoms with Gasteiger partial charge in [0.15, 0.2) is 5.79 Å². The third-order valence-corrected chi connectivity index (χ3v) is 4.74. The Balaban J connectivity index is 1.87. The molecule has 2 saturated heterocycles. The van der Waals surface area contributed by atoms with Crippen LogP contribution in [0, 0.1) is 11.3 Å². The van der Waals surface area contributed by atoms with Gasteiger partial charge in [0.25, 0.3) is 0 Å². The fraction of sp³-hybridized carbons (Fsp3) is 0.579. The maximum Gasteiger partial charge on any atom is 0.302 e. The Morgan fingerprint density at radius 2 is 1.88 bits per heavy atom. The van der Waals surface area contributed by atoms with E-state index in [0.717, 1.165) is 5.56 Å². The number of likely N-dealkylation sites (tertiary alicyclic amines) is 1. The van der Waals surface area contributed by atoms with E-state index >= 15 is 0 Å². The summed E-state index contributed by atoms with van der Waals surface area (Å²) in [5.74, 6) is -1.02. The van der Waals surface area contributed by atoms with Crippen molar-refractivity contribution >= 4 is 5.97 Å². The SMILES string of the molecule is CC(=O)OC[C@@H]1[C@H]2OC(C)(C)O[C@H]2[C@H](CC#N)N1Cc1ccccc1. The normalized spacial score (nSPS) is 30.6. The van der Waals surface area contributed by atoms with Crippen molar-refractivity contribution in [1.82, 2.24) is 4.90 Å². The van der Waals surface area contributed by atoms with Gasteiger partial charge in [-0.25, -0.2) is 0 Å².